The largest absolute Gasteiger partial charge is 0.295 e. The molecule has 0 fully saturated rings. The maximum absolute atomic E-state index is 12.7. The van der Waals surface area contributed by atoms with E-state index in [1.54, 1.807) is 31.3 Å². The molecule has 0 amide bonds. The van der Waals surface area contributed by atoms with Crippen LogP contribution in [0.3, 0.4) is 0 Å². The topological polar surface area (TPSA) is 81.1 Å². The third kappa shape index (κ3) is 3.79. The molecule has 1 aromatic carbocycles. The highest BCUT2D eigenvalue weighted by molar-refractivity contribution is 7.92. The number of benzene rings is 1. The highest BCUT2D eigenvalue weighted by Crippen LogP contribution is 2.28. The minimum atomic E-state index is -3.76. The Kier molecular flexibility index (Phi) is 4.34. The summed E-state index contributed by atoms with van der Waals surface area (Å²) in [6, 6.07) is 6.32. The molecule has 0 spiro atoms. The third-order valence-corrected chi connectivity index (χ3v) is 4.72. The van der Waals surface area contributed by atoms with Gasteiger partial charge >= 0.3 is 0 Å². The molecule has 1 aromatic heterocycles. The van der Waals surface area contributed by atoms with Crippen molar-refractivity contribution < 1.29 is 13.2 Å². The second-order valence-corrected chi connectivity index (χ2v) is 8.16. The van der Waals surface area contributed by atoms with Gasteiger partial charge < -0.3 is 0 Å². The van der Waals surface area contributed by atoms with Gasteiger partial charge in [-0.05, 0) is 31.2 Å². The van der Waals surface area contributed by atoms with Gasteiger partial charge in [-0.15, -0.1) is 0 Å². The third-order valence-electron chi connectivity index (χ3n) is 3.34. The summed E-state index contributed by atoms with van der Waals surface area (Å²) in [7, 11) is -2.07. The molecule has 0 saturated carbocycles. The molecule has 0 unspecified atom stereocenters. The second kappa shape index (κ2) is 5.81. The zero-order valence-electron chi connectivity index (χ0n) is 13.9. The number of sulfonamides is 1. The molecule has 1 heterocycles. The fourth-order valence-corrected chi connectivity index (χ4v) is 3.62. The van der Waals surface area contributed by atoms with Gasteiger partial charge in [0.2, 0.25) is 0 Å². The maximum atomic E-state index is 12.7. The quantitative estimate of drug-likeness (QED) is 0.871. The van der Waals surface area contributed by atoms with Crippen LogP contribution in [0.25, 0.3) is 0 Å². The first kappa shape index (κ1) is 17.2. The molecule has 0 aliphatic heterocycles. The van der Waals surface area contributed by atoms with E-state index in [2.05, 4.69) is 9.82 Å². The zero-order chi connectivity index (χ0) is 17.4. The Balaban J connectivity index is 2.38. The van der Waals surface area contributed by atoms with Gasteiger partial charge in [0.25, 0.3) is 10.0 Å². The van der Waals surface area contributed by atoms with Crippen LogP contribution in [0, 0.1) is 0 Å². The molecule has 6 nitrogen and oxygen atoms in total. The molecule has 0 atom stereocenters. The van der Waals surface area contributed by atoms with E-state index >= 15 is 0 Å². The average Bonchev–Trinajstić information content (AvgIpc) is 2.82. The van der Waals surface area contributed by atoms with Crippen molar-refractivity contribution in [3.8, 4) is 0 Å². The van der Waals surface area contributed by atoms with Gasteiger partial charge in [-0.3, -0.25) is 14.2 Å². The van der Waals surface area contributed by atoms with Gasteiger partial charge in [-0.1, -0.05) is 20.8 Å². The van der Waals surface area contributed by atoms with E-state index in [0.717, 1.165) is 0 Å². The first-order valence-corrected chi connectivity index (χ1v) is 8.67. The second-order valence-electron chi connectivity index (χ2n) is 6.50. The summed E-state index contributed by atoms with van der Waals surface area (Å²) in [5.74, 6) is -0.0679. The summed E-state index contributed by atoms with van der Waals surface area (Å²) < 4.78 is 29.4. The van der Waals surface area contributed by atoms with Crippen LogP contribution in [0.5, 0.6) is 0 Å². The van der Waals surface area contributed by atoms with E-state index in [0.29, 0.717) is 16.9 Å². The lowest BCUT2D eigenvalue weighted by Crippen LogP contribution is -2.20. The van der Waals surface area contributed by atoms with E-state index < -0.39 is 15.4 Å². The molecule has 2 aromatic rings. The number of hydrogen-bond donors (Lipinski definition) is 1. The number of nitrogens with one attached hydrogen (secondary N) is 1. The van der Waals surface area contributed by atoms with Gasteiger partial charge in [-0.2, -0.15) is 5.10 Å². The van der Waals surface area contributed by atoms with Crippen LogP contribution in [-0.2, 0) is 22.5 Å². The van der Waals surface area contributed by atoms with Crippen LogP contribution in [-0.4, -0.2) is 24.0 Å². The lowest BCUT2D eigenvalue weighted by atomic mass is 9.92. The molecule has 0 saturated heterocycles. The predicted octanol–water partition coefficient (Wildman–Crippen LogP) is 2.72. The lowest BCUT2D eigenvalue weighted by Gasteiger charge is -2.17. The summed E-state index contributed by atoms with van der Waals surface area (Å²) in [4.78, 5) is 11.4. The smallest absolute Gasteiger partial charge is 0.265 e. The zero-order valence-corrected chi connectivity index (χ0v) is 14.7. The first-order valence-electron chi connectivity index (χ1n) is 7.18. The van der Waals surface area contributed by atoms with Gasteiger partial charge in [0, 0.05) is 29.9 Å². The Bertz CT molecular complexity index is 828. The van der Waals surface area contributed by atoms with Crippen molar-refractivity contribution in [3.05, 3.63) is 41.7 Å². The fourth-order valence-electron chi connectivity index (χ4n) is 2.17. The Hall–Kier alpha value is -2.15. The summed E-state index contributed by atoms with van der Waals surface area (Å²) in [5, 5.41) is 4.28. The Morgan fingerprint density at radius 1 is 1.17 bits per heavy atom. The predicted molar refractivity (Wildman–Crippen MR) is 89.2 cm³/mol. The highest BCUT2D eigenvalue weighted by atomic mass is 32.2. The molecular formula is C16H21N3O3S. The molecule has 23 heavy (non-hydrogen) atoms. The van der Waals surface area contributed by atoms with Crippen molar-refractivity contribution in [2.45, 2.75) is 38.0 Å². The number of anilines is 1. The number of ketones is 1. The average molecular weight is 335 g/mol. The van der Waals surface area contributed by atoms with Crippen LogP contribution < -0.4 is 4.72 Å². The van der Waals surface area contributed by atoms with Crippen molar-refractivity contribution in [1.29, 1.82) is 0 Å². The Morgan fingerprint density at radius 3 is 2.22 bits per heavy atom. The summed E-state index contributed by atoms with van der Waals surface area (Å²) in [6.07, 6.45) is 1.49. The molecule has 2 rings (SSSR count). The molecule has 0 aliphatic rings. The Labute approximate surface area is 136 Å². The van der Waals surface area contributed by atoms with Gasteiger partial charge in [0.1, 0.15) is 4.90 Å². The van der Waals surface area contributed by atoms with E-state index in [9.17, 15) is 13.2 Å². The number of Topliss-reactive ketones (excluding diaryl/α,β-unsaturated/α-hetero) is 1. The monoisotopic (exact) mass is 335 g/mol. The van der Waals surface area contributed by atoms with Crippen molar-refractivity contribution in [2.75, 3.05) is 4.72 Å². The standard InChI is InChI=1S/C16H21N3O3S/c1-11(20)12-6-8-13(9-7-12)18-23(21,22)14-10-19(5)17-15(14)16(2,3)4/h6-10,18H,1-5H3. The molecule has 124 valence electrons. The summed E-state index contributed by atoms with van der Waals surface area (Å²) >= 11 is 0. The van der Waals surface area contributed by atoms with Crippen molar-refractivity contribution >= 4 is 21.5 Å². The molecule has 0 radical (unpaired) electrons. The van der Waals surface area contributed by atoms with E-state index in [4.69, 9.17) is 0 Å². The normalized spacial score (nSPS) is 12.2. The van der Waals surface area contributed by atoms with Gasteiger partial charge in [0.15, 0.2) is 5.78 Å². The molecule has 7 heteroatoms. The van der Waals surface area contributed by atoms with E-state index in [-0.39, 0.29) is 10.7 Å². The maximum Gasteiger partial charge on any atom is 0.265 e. The van der Waals surface area contributed by atoms with Gasteiger partial charge in [0.05, 0.1) is 5.69 Å². The summed E-state index contributed by atoms with van der Waals surface area (Å²) in [5.41, 5.74) is 1.04. The van der Waals surface area contributed by atoms with E-state index in [1.807, 2.05) is 20.8 Å². The van der Waals surface area contributed by atoms with Crippen LogP contribution >= 0.6 is 0 Å². The lowest BCUT2D eigenvalue weighted by molar-refractivity contribution is 0.101. The number of aromatic nitrogens is 2. The van der Waals surface area contributed by atoms with Crippen LogP contribution in [0.2, 0.25) is 0 Å². The first-order chi connectivity index (χ1) is 10.5. The highest BCUT2D eigenvalue weighted by Gasteiger charge is 2.29. The number of carbonyl (C=O) groups is 1. The summed E-state index contributed by atoms with van der Waals surface area (Å²) in [6.45, 7) is 7.20. The van der Waals surface area contributed by atoms with Crippen LogP contribution in [0.15, 0.2) is 35.4 Å². The minimum Gasteiger partial charge on any atom is -0.295 e. The number of rotatable bonds is 4. The molecule has 0 aliphatic carbocycles. The number of carbonyl (C=O) groups excluding carboxylic acids is 1. The number of aryl methyl sites for hydroxylation is 1. The van der Waals surface area contributed by atoms with Gasteiger partial charge in [-0.25, -0.2) is 8.42 Å². The molecule has 1 N–H and O–H groups in total. The van der Waals surface area contributed by atoms with E-state index in [1.165, 1.54) is 17.8 Å². The van der Waals surface area contributed by atoms with Crippen molar-refractivity contribution in [3.63, 3.8) is 0 Å². The molecular weight excluding hydrogens is 314 g/mol. The number of hydrogen-bond acceptors (Lipinski definition) is 4. The Morgan fingerprint density at radius 2 is 1.74 bits per heavy atom. The fraction of sp³-hybridized carbons (Fsp3) is 0.375. The van der Waals surface area contributed by atoms with Crippen molar-refractivity contribution in [2.24, 2.45) is 7.05 Å². The molecule has 0 bridgehead atoms. The number of nitrogens with zero attached hydrogens (tertiary/aromatic N) is 2. The van der Waals surface area contributed by atoms with Crippen molar-refractivity contribution in [1.82, 2.24) is 9.78 Å². The van der Waals surface area contributed by atoms with Crippen LogP contribution in [0.4, 0.5) is 5.69 Å². The minimum absolute atomic E-state index is 0.0679. The SMILES string of the molecule is CC(=O)c1ccc(NS(=O)(=O)c2cn(C)nc2C(C)(C)C)cc1. The van der Waals surface area contributed by atoms with Crippen LogP contribution in [0.1, 0.15) is 43.7 Å².